The van der Waals surface area contributed by atoms with Crippen LogP contribution in [-0.2, 0) is 13.1 Å². The fourth-order valence-electron chi connectivity index (χ4n) is 2.65. The van der Waals surface area contributed by atoms with E-state index < -0.39 is 0 Å². The van der Waals surface area contributed by atoms with Crippen LogP contribution in [0.1, 0.15) is 12.5 Å². The number of pyridine rings is 2. The lowest BCUT2D eigenvalue weighted by molar-refractivity contribution is -0.693. The van der Waals surface area contributed by atoms with E-state index in [0.717, 1.165) is 30.0 Å². The molecule has 0 bridgehead atoms. The largest absolute Gasteiger partial charge is 0.490 e. The summed E-state index contributed by atoms with van der Waals surface area (Å²) in [5.74, 6) is 0.898. The van der Waals surface area contributed by atoms with Gasteiger partial charge in [0.15, 0.2) is 30.9 Å². The third kappa shape index (κ3) is 3.57. The number of methoxy groups -OCH3 is 1. The van der Waals surface area contributed by atoms with Crippen molar-refractivity contribution in [3.8, 4) is 16.9 Å². The van der Waals surface area contributed by atoms with Crippen molar-refractivity contribution in [3.05, 3.63) is 78.9 Å². The molecule has 23 heavy (non-hydrogen) atoms. The lowest BCUT2D eigenvalue weighted by Gasteiger charge is -2.06. The molecule has 1 aromatic carbocycles. The Morgan fingerprint density at radius 3 is 2.22 bits per heavy atom. The van der Waals surface area contributed by atoms with Gasteiger partial charge >= 0.3 is 0 Å². The van der Waals surface area contributed by atoms with Crippen molar-refractivity contribution >= 4 is 0 Å². The SMILES string of the molecule is CC[n+]1ccc(-c2cc[n+](Cc3ccccc3)cc2)c(OC)c1. The minimum atomic E-state index is 0.878. The molecule has 3 heteroatoms. The predicted molar refractivity (Wildman–Crippen MR) is 90.0 cm³/mol. The molecule has 0 radical (unpaired) electrons. The fraction of sp³-hybridized carbons (Fsp3) is 0.200. The molecule has 0 aliphatic carbocycles. The van der Waals surface area contributed by atoms with Gasteiger partial charge in [0, 0.05) is 29.3 Å². The standard InChI is InChI=1S/C20H22N2O/c1-3-21-14-11-19(20(16-21)23-2)18-9-12-22(13-10-18)15-17-7-5-4-6-8-17/h4-14,16H,3,15H2,1-2H3/q+2. The Balaban J connectivity index is 1.85. The third-order valence-corrected chi connectivity index (χ3v) is 3.98. The van der Waals surface area contributed by atoms with Crippen molar-refractivity contribution < 1.29 is 13.9 Å². The van der Waals surface area contributed by atoms with Crippen LogP contribution in [0.15, 0.2) is 73.3 Å². The lowest BCUT2D eigenvalue weighted by atomic mass is 10.1. The minimum Gasteiger partial charge on any atom is -0.490 e. The number of hydrogen-bond acceptors (Lipinski definition) is 1. The van der Waals surface area contributed by atoms with Crippen LogP contribution in [0.5, 0.6) is 5.75 Å². The van der Waals surface area contributed by atoms with Crippen molar-refractivity contribution in [2.24, 2.45) is 0 Å². The van der Waals surface area contributed by atoms with E-state index in [1.54, 1.807) is 7.11 Å². The van der Waals surface area contributed by atoms with Crippen molar-refractivity contribution in [2.75, 3.05) is 7.11 Å². The first-order chi connectivity index (χ1) is 11.3. The van der Waals surface area contributed by atoms with Crippen LogP contribution in [0.4, 0.5) is 0 Å². The number of hydrogen-bond donors (Lipinski definition) is 0. The zero-order chi connectivity index (χ0) is 16.1. The summed E-state index contributed by atoms with van der Waals surface area (Å²) < 4.78 is 9.83. The van der Waals surface area contributed by atoms with Crippen LogP contribution in [-0.4, -0.2) is 7.11 Å². The maximum Gasteiger partial charge on any atom is 0.211 e. The second-order valence-corrected chi connectivity index (χ2v) is 5.50. The van der Waals surface area contributed by atoms with E-state index >= 15 is 0 Å². The third-order valence-electron chi connectivity index (χ3n) is 3.98. The average Bonchev–Trinajstić information content (AvgIpc) is 2.63. The molecule has 3 nitrogen and oxygen atoms in total. The van der Waals surface area contributed by atoms with Gasteiger partial charge in [-0.3, -0.25) is 0 Å². The zero-order valence-electron chi connectivity index (χ0n) is 13.6. The molecule has 116 valence electrons. The van der Waals surface area contributed by atoms with Gasteiger partial charge in [0.2, 0.25) is 6.20 Å². The summed E-state index contributed by atoms with van der Waals surface area (Å²) in [6, 6.07) is 16.9. The number of ether oxygens (including phenoxy) is 1. The minimum absolute atomic E-state index is 0.878. The second kappa shape index (κ2) is 7.05. The molecule has 3 aromatic rings. The van der Waals surface area contributed by atoms with E-state index in [9.17, 15) is 0 Å². The highest BCUT2D eigenvalue weighted by atomic mass is 16.5. The second-order valence-electron chi connectivity index (χ2n) is 5.50. The predicted octanol–water partition coefficient (Wildman–Crippen LogP) is 3.01. The number of nitrogens with zero attached hydrogens (tertiary/aromatic N) is 2. The van der Waals surface area contributed by atoms with Gasteiger partial charge in [0.25, 0.3) is 0 Å². The van der Waals surface area contributed by atoms with E-state index in [1.165, 1.54) is 5.56 Å². The maximum absolute atomic E-state index is 5.54. The van der Waals surface area contributed by atoms with E-state index in [-0.39, 0.29) is 0 Å². The first-order valence-electron chi connectivity index (χ1n) is 7.90. The summed E-state index contributed by atoms with van der Waals surface area (Å²) in [5.41, 5.74) is 3.57. The van der Waals surface area contributed by atoms with Crippen LogP contribution in [0.25, 0.3) is 11.1 Å². The molecule has 0 atom stereocenters. The van der Waals surface area contributed by atoms with Gasteiger partial charge < -0.3 is 4.74 Å². The number of aromatic nitrogens is 2. The highest BCUT2D eigenvalue weighted by Crippen LogP contribution is 2.27. The van der Waals surface area contributed by atoms with Gasteiger partial charge in [-0.15, -0.1) is 0 Å². The number of benzene rings is 1. The van der Waals surface area contributed by atoms with Gasteiger partial charge in [-0.25, -0.2) is 9.13 Å². The molecule has 0 aliphatic heterocycles. The van der Waals surface area contributed by atoms with E-state index in [4.69, 9.17) is 4.74 Å². The van der Waals surface area contributed by atoms with Crippen LogP contribution >= 0.6 is 0 Å². The molecule has 2 heterocycles. The first-order valence-corrected chi connectivity index (χ1v) is 7.90. The summed E-state index contributed by atoms with van der Waals surface area (Å²) in [5, 5.41) is 0. The van der Waals surface area contributed by atoms with Gasteiger partial charge in [0.1, 0.15) is 6.54 Å². The zero-order valence-corrected chi connectivity index (χ0v) is 13.6. The molecule has 0 N–H and O–H groups in total. The molecule has 0 unspecified atom stereocenters. The van der Waals surface area contributed by atoms with Crippen molar-refractivity contribution in [1.29, 1.82) is 0 Å². The topological polar surface area (TPSA) is 17.0 Å². The molecule has 3 rings (SSSR count). The summed E-state index contributed by atoms with van der Waals surface area (Å²) >= 11 is 0. The van der Waals surface area contributed by atoms with Crippen LogP contribution in [0, 0.1) is 0 Å². The fourth-order valence-corrected chi connectivity index (χ4v) is 2.65. The first kappa shape index (κ1) is 15.2. The van der Waals surface area contributed by atoms with E-state index in [2.05, 4.69) is 77.1 Å². The average molecular weight is 306 g/mol. The Morgan fingerprint density at radius 1 is 0.870 bits per heavy atom. The molecular formula is C20H22N2O+2. The molecule has 0 saturated heterocycles. The van der Waals surface area contributed by atoms with Crippen molar-refractivity contribution in [2.45, 2.75) is 20.0 Å². The monoisotopic (exact) mass is 306 g/mol. The van der Waals surface area contributed by atoms with Crippen molar-refractivity contribution in [1.82, 2.24) is 0 Å². The lowest BCUT2D eigenvalue weighted by Crippen LogP contribution is -2.33. The van der Waals surface area contributed by atoms with E-state index in [0.29, 0.717) is 0 Å². The van der Waals surface area contributed by atoms with Crippen LogP contribution < -0.4 is 13.9 Å². The van der Waals surface area contributed by atoms with Gasteiger partial charge in [-0.05, 0) is 12.5 Å². The smallest absolute Gasteiger partial charge is 0.211 e. The normalized spacial score (nSPS) is 10.5. The molecule has 0 fully saturated rings. The summed E-state index contributed by atoms with van der Waals surface area (Å²) in [4.78, 5) is 0. The van der Waals surface area contributed by atoms with Crippen molar-refractivity contribution in [3.63, 3.8) is 0 Å². The Hall–Kier alpha value is -2.68. The maximum atomic E-state index is 5.54. The van der Waals surface area contributed by atoms with Crippen LogP contribution in [0.2, 0.25) is 0 Å². The van der Waals surface area contributed by atoms with Gasteiger partial charge in [-0.2, -0.15) is 0 Å². The van der Waals surface area contributed by atoms with Gasteiger partial charge in [0.05, 0.1) is 7.11 Å². The highest BCUT2D eigenvalue weighted by Gasteiger charge is 2.12. The Kier molecular flexibility index (Phi) is 4.67. The quantitative estimate of drug-likeness (QED) is 0.662. The molecular weight excluding hydrogens is 284 g/mol. The summed E-state index contributed by atoms with van der Waals surface area (Å²) in [7, 11) is 1.72. The highest BCUT2D eigenvalue weighted by molar-refractivity contribution is 5.68. The van der Waals surface area contributed by atoms with Gasteiger partial charge in [-0.1, -0.05) is 30.3 Å². The number of rotatable bonds is 5. The molecule has 0 spiro atoms. The number of aryl methyl sites for hydroxylation is 1. The molecule has 2 aromatic heterocycles. The summed E-state index contributed by atoms with van der Waals surface area (Å²) in [6.07, 6.45) is 8.36. The molecule has 0 amide bonds. The molecule has 0 aliphatic rings. The van der Waals surface area contributed by atoms with Crippen LogP contribution in [0.3, 0.4) is 0 Å². The summed E-state index contributed by atoms with van der Waals surface area (Å²) in [6.45, 7) is 3.93. The molecule has 0 saturated carbocycles. The Bertz CT molecular complexity index is 767. The van der Waals surface area contributed by atoms with E-state index in [1.807, 2.05) is 12.3 Å². The Labute approximate surface area is 137 Å². The Morgan fingerprint density at radius 2 is 1.57 bits per heavy atom.